The molecule has 2 N–H and O–H groups in total. The molecule has 5 heteroatoms. The average molecular weight is 217 g/mol. The lowest BCUT2D eigenvalue weighted by atomic mass is 10.3. The predicted octanol–water partition coefficient (Wildman–Crippen LogP) is 0.268. The summed E-state index contributed by atoms with van der Waals surface area (Å²) in [5.41, 5.74) is 0.946. The van der Waals surface area contributed by atoms with Crippen molar-refractivity contribution in [2.24, 2.45) is 0 Å². The zero-order valence-electron chi connectivity index (χ0n) is 9.28. The summed E-state index contributed by atoms with van der Waals surface area (Å²) in [6, 6.07) is -0.677. The van der Waals surface area contributed by atoms with E-state index in [1.165, 1.54) is 7.11 Å². The van der Waals surface area contributed by atoms with Gasteiger partial charge in [0.25, 0.3) is 0 Å². The van der Waals surface area contributed by atoms with Gasteiger partial charge in [0.15, 0.2) is 0 Å². The highest BCUT2D eigenvalue weighted by Gasteiger charge is 2.15. The highest BCUT2D eigenvalue weighted by molar-refractivity contribution is 5.73. The number of ether oxygens (including phenoxy) is 2. The molecule has 1 atom stereocenters. The third-order valence-electron chi connectivity index (χ3n) is 1.62. The van der Waals surface area contributed by atoms with Crippen molar-refractivity contribution in [2.45, 2.75) is 13.0 Å². The van der Waals surface area contributed by atoms with Gasteiger partial charge in [-0.15, -0.1) is 0 Å². The molecule has 0 amide bonds. The van der Waals surface area contributed by atoms with Gasteiger partial charge in [-0.3, -0.25) is 4.79 Å². The summed E-state index contributed by atoms with van der Waals surface area (Å²) in [5, 5.41) is 11.6. The van der Waals surface area contributed by atoms with Gasteiger partial charge in [0.1, 0.15) is 6.04 Å². The van der Waals surface area contributed by atoms with Crippen molar-refractivity contribution in [1.82, 2.24) is 5.32 Å². The van der Waals surface area contributed by atoms with E-state index in [0.29, 0.717) is 19.8 Å². The van der Waals surface area contributed by atoms with Crippen LogP contribution >= 0.6 is 0 Å². The van der Waals surface area contributed by atoms with E-state index in [1.54, 1.807) is 0 Å². The van der Waals surface area contributed by atoms with Crippen LogP contribution in [0, 0.1) is 0 Å². The summed E-state index contributed by atoms with van der Waals surface area (Å²) >= 11 is 0. The molecular weight excluding hydrogens is 198 g/mol. The van der Waals surface area contributed by atoms with Crippen LogP contribution in [0.1, 0.15) is 6.92 Å². The van der Waals surface area contributed by atoms with Crippen molar-refractivity contribution in [3.63, 3.8) is 0 Å². The first kappa shape index (κ1) is 14.1. The van der Waals surface area contributed by atoms with Gasteiger partial charge in [0.05, 0.1) is 19.8 Å². The summed E-state index contributed by atoms with van der Waals surface area (Å²) in [6.07, 6.45) is 0. The third kappa shape index (κ3) is 8.11. The lowest BCUT2D eigenvalue weighted by Crippen LogP contribution is -2.41. The highest BCUT2D eigenvalue weighted by Crippen LogP contribution is 1.88. The largest absolute Gasteiger partial charge is 0.480 e. The van der Waals surface area contributed by atoms with Crippen LogP contribution < -0.4 is 5.32 Å². The molecule has 0 spiro atoms. The van der Waals surface area contributed by atoms with Crippen LogP contribution in [-0.4, -0.2) is 50.6 Å². The molecule has 0 aromatic rings. The highest BCUT2D eigenvalue weighted by atomic mass is 16.5. The number of nitrogens with one attached hydrogen (secondary N) is 1. The monoisotopic (exact) mass is 217 g/mol. The topological polar surface area (TPSA) is 67.8 Å². The minimum Gasteiger partial charge on any atom is -0.480 e. The van der Waals surface area contributed by atoms with Gasteiger partial charge in [-0.1, -0.05) is 12.2 Å². The molecule has 15 heavy (non-hydrogen) atoms. The normalized spacial score (nSPS) is 12.4. The maximum absolute atomic E-state index is 10.7. The Kier molecular flexibility index (Phi) is 7.89. The molecule has 0 aromatic heterocycles. The van der Waals surface area contributed by atoms with Gasteiger partial charge >= 0.3 is 5.97 Å². The Bertz CT molecular complexity index is 206. The third-order valence-corrected chi connectivity index (χ3v) is 1.62. The van der Waals surface area contributed by atoms with Crippen LogP contribution in [0.3, 0.4) is 0 Å². The predicted molar refractivity (Wildman–Crippen MR) is 56.9 cm³/mol. The number of methoxy groups -OCH3 is 1. The molecular formula is C10H19NO4. The van der Waals surface area contributed by atoms with Crippen LogP contribution in [0.4, 0.5) is 0 Å². The molecule has 0 rings (SSSR count). The molecule has 0 aliphatic heterocycles. The first-order valence-electron chi connectivity index (χ1n) is 4.75. The van der Waals surface area contributed by atoms with Crippen molar-refractivity contribution in [2.75, 3.05) is 33.5 Å². The van der Waals surface area contributed by atoms with E-state index in [4.69, 9.17) is 14.6 Å². The summed E-state index contributed by atoms with van der Waals surface area (Å²) in [6.45, 7) is 7.15. The fourth-order valence-corrected chi connectivity index (χ4v) is 0.936. The Morgan fingerprint density at radius 2 is 2.27 bits per heavy atom. The van der Waals surface area contributed by atoms with E-state index < -0.39 is 12.0 Å². The maximum atomic E-state index is 10.7. The zero-order valence-corrected chi connectivity index (χ0v) is 9.28. The standard InChI is InChI=1S/C10H19NO4/c1-8(2)6-15-5-4-11-9(7-14-3)10(12)13/h9,11H,1,4-7H2,2-3H3,(H,12,13). The van der Waals surface area contributed by atoms with Crippen molar-refractivity contribution >= 4 is 5.97 Å². The van der Waals surface area contributed by atoms with Crippen LogP contribution in [0.15, 0.2) is 12.2 Å². The molecule has 0 aliphatic carbocycles. The van der Waals surface area contributed by atoms with E-state index in [2.05, 4.69) is 11.9 Å². The van der Waals surface area contributed by atoms with E-state index in [-0.39, 0.29) is 6.61 Å². The van der Waals surface area contributed by atoms with Gasteiger partial charge in [0.2, 0.25) is 0 Å². The molecule has 1 unspecified atom stereocenters. The quantitative estimate of drug-likeness (QED) is 0.428. The summed E-state index contributed by atoms with van der Waals surface area (Å²) in [4.78, 5) is 10.7. The van der Waals surface area contributed by atoms with Crippen LogP contribution in [0.5, 0.6) is 0 Å². The second-order valence-electron chi connectivity index (χ2n) is 3.31. The minimum absolute atomic E-state index is 0.149. The Balaban J connectivity index is 3.53. The molecule has 0 heterocycles. The van der Waals surface area contributed by atoms with Crippen LogP contribution in [0.2, 0.25) is 0 Å². The van der Waals surface area contributed by atoms with Gasteiger partial charge in [0, 0.05) is 13.7 Å². The minimum atomic E-state index is -0.920. The summed E-state index contributed by atoms with van der Waals surface area (Å²) < 4.78 is 9.97. The van der Waals surface area contributed by atoms with E-state index in [0.717, 1.165) is 5.57 Å². The Morgan fingerprint density at radius 1 is 1.60 bits per heavy atom. The number of hydrogen-bond acceptors (Lipinski definition) is 4. The molecule has 0 radical (unpaired) electrons. The summed E-state index contributed by atoms with van der Waals surface area (Å²) in [5.74, 6) is -0.920. The molecule has 0 aromatic carbocycles. The molecule has 5 nitrogen and oxygen atoms in total. The fourth-order valence-electron chi connectivity index (χ4n) is 0.936. The fraction of sp³-hybridized carbons (Fsp3) is 0.700. The number of carboxylic acid groups (broad SMARTS) is 1. The molecule has 0 fully saturated rings. The SMILES string of the molecule is C=C(C)COCCNC(COC)C(=O)O. The van der Waals surface area contributed by atoms with Crippen molar-refractivity contribution in [1.29, 1.82) is 0 Å². The zero-order chi connectivity index (χ0) is 11.7. The molecule has 88 valence electrons. The number of hydrogen-bond donors (Lipinski definition) is 2. The van der Waals surface area contributed by atoms with Crippen LogP contribution in [0.25, 0.3) is 0 Å². The average Bonchev–Trinajstić information content (AvgIpc) is 2.15. The van der Waals surface area contributed by atoms with Crippen LogP contribution in [-0.2, 0) is 14.3 Å². The molecule has 0 saturated carbocycles. The lowest BCUT2D eigenvalue weighted by molar-refractivity contribution is -0.140. The maximum Gasteiger partial charge on any atom is 0.323 e. The Labute approximate surface area is 90.1 Å². The van der Waals surface area contributed by atoms with E-state index >= 15 is 0 Å². The second-order valence-corrected chi connectivity index (χ2v) is 3.31. The summed E-state index contributed by atoms with van der Waals surface area (Å²) in [7, 11) is 1.47. The van der Waals surface area contributed by atoms with Gasteiger partial charge in [-0.2, -0.15) is 0 Å². The Hall–Kier alpha value is -0.910. The number of aliphatic carboxylic acids is 1. The Morgan fingerprint density at radius 3 is 2.73 bits per heavy atom. The first-order valence-corrected chi connectivity index (χ1v) is 4.75. The van der Waals surface area contributed by atoms with E-state index in [1.807, 2.05) is 6.92 Å². The molecule has 0 saturated heterocycles. The van der Waals surface area contributed by atoms with E-state index in [9.17, 15) is 4.79 Å². The smallest absolute Gasteiger partial charge is 0.323 e. The lowest BCUT2D eigenvalue weighted by Gasteiger charge is -2.13. The van der Waals surface area contributed by atoms with Gasteiger partial charge in [-0.05, 0) is 6.92 Å². The second kappa shape index (κ2) is 8.40. The number of carbonyl (C=O) groups is 1. The number of rotatable bonds is 9. The van der Waals surface area contributed by atoms with Crippen molar-refractivity contribution < 1.29 is 19.4 Å². The molecule has 0 aliphatic rings. The van der Waals surface area contributed by atoms with Gasteiger partial charge in [-0.25, -0.2) is 0 Å². The number of carboxylic acids is 1. The first-order chi connectivity index (χ1) is 7.07. The van der Waals surface area contributed by atoms with Crippen molar-refractivity contribution in [3.05, 3.63) is 12.2 Å². The molecule has 0 bridgehead atoms. The van der Waals surface area contributed by atoms with Gasteiger partial charge < -0.3 is 19.9 Å². The van der Waals surface area contributed by atoms with Crippen molar-refractivity contribution in [3.8, 4) is 0 Å².